The van der Waals surface area contributed by atoms with Gasteiger partial charge in [-0.3, -0.25) is 4.79 Å². The van der Waals surface area contributed by atoms with Gasteiger partial charge >= 0.3 is 5.97 Å². The molecular weight excluding hydrogens is 398 g/mol. The number of rotatable bonds is 6. The molecule has 0 radical (unpaired) electrons. The number of thiophene rings is 1. The normalized spacial score (nSPS) is 14.0. The zero-order valence-electron chi connectivity index (χ0n) is 17.3. The quantitative estimate of drug-likeness (QED) is 0.589. The number of ether oxygens (including phenoxy) is 1. The van der Waals surface area contributed by atoms with Crippen molar-refractivity contribution in [2.45, 2.75) is 39.3 Å². The van der Waals surface area contributed by atoms with Crippen LogP contribution in [0, 0.1) is 17.2 Å². The number of esters is 1. The molecule has 7 heteroatoms. The monoisotopic (exact) mass is 421 g/mol. The largest absolute Gasteiger partial charge is 0.449 e. The van der Waals surface area contributed by atoms with Gasteiger partial charge < -0.3 is 10.1 Å². The van der Waals surface area contributed by atoms with Crippen LogP contribution in [0.3, 0.4) is 0 Å². The molecule has 6 nitrogen and oxygen atoms in total. The van der Waals surface area contributed by atoms with E-state index < -0.39 is 23.5 Å². The molecule has 0 aliphatic heterocycles. The lowest BCUT2D eigenvalue weighted by atomic mass is 9.90. The molecule has 2 atom stereocenters. The molecule has 3 aromatic rings. The van der Waals surface area contributed by atoms with Crippen molar-refractivity contribution in [2.24, 2.45) is 5.92 Å². The number of nitriles is 1. The van der Waals surface area contributed by atoms with Gasteiger partial charge in [-0.2, -0.15) is 5.26 Å². The van der Waals surface area contributed by atoms with Crippen LogP contribution in [0.25, 0.3) is 21.5 Å². The van der Waals surface area contributed by atoms with Crippen LogP contribution in [0.2, 0.25) is 0 Å². The standard InChI is InChI=1S/C23H23N3O3S/c1-14(2)23(4,13-24)26-21(27)15(3)29-22(28)17-12-19(20-10-7-11-30-20)25-18-9-6-5-8-16(17)18/h5-12,14-15H,1-4H3,(H,26,27)/t15-,23+/m0/s1. The smallest absolute Gasteiger partial charge is 0.339 e. The van der Waals surface area contributed by atoms with Crippen LogP contribution in [0.5, 0.6) is 0 Å². The number of amides is 1. The topological polar surface area (TPSA) is 92.1 Å². The summed E-state index contributed by atoms with van der Waals surface area (Å²) in [5, 5.41) is 14.7. The van der Waals surface area contributed by atoms with Gasteiger partial charge in [0, 0.05) is 5.39 Å². The third-order valence-electron chi connectivity index (χ3n) is 5.13. The van der Waals surface area contributed by atoms with E-state index in [0.29, 0.717) is 22.2 Å². The Morgan fingerprint density at radius 1 is 1.20 bits per heavy atom. The fourth-order valence-corrected chi connectivity index (χ4v) is 3.52. The van der Waals surface area contributed by atoms with E-state index in [0.717, 1.165) is 4.88 Å². The van der Waals surface area contributed by atoms with E-state index in [1.54, 1.807) is 19.1 Å². The lowest BCUT2D eigenvalue weighted by molar-refractivity contribution is -0.130. The summed E-state index contributed by atoms with van der Waals surface area (Å²) in [6.07, 6.45) is -1.05. The molecule has 0 fully saturated rings. The van der Waals surface area contributed by atoms with Gasteiger partial charge in [0.1, 0.15) is 5.54 Å². The van der Waals surface area contributed by atoms with E-state index in [1.165, 1.54) is 18.3 Å². The van der Waals surface area contributed by atoms with Crippen molar-refractivity contribution in [1.82, 2.24) is 10.3 Å². The van der Waals surface area contributed by atoms with Crippen molar-refractivity contribution in [3.8, 4) is 16.6 Å². The van der Waals surface area contributed by atoms with Crippen LogP contribution >= 0.6 is 11.3 Å². The summed E-state index contributed by atoms with van der Waals surface area (Å²) >= 11 is 1.53. The van der Waals surface area contributed by atoms with Crippen LogP contribution in [0.15, 0.2) is 47.8 Å². The van der Waals surface area contributed by atoms with Crippen LogP contribution in [0.4, 0.5) is 0 Å². The van der Waals surface area contributed by atoms with E-state index in [-0.39, 0.29) is 5.92 Å². The van der Waals surface area contributed by atoms with Gasteiger partial charge in [-0.05, 0) is 43.3 Å². The predicted octanol–water partition coefficient (Wildman–Crippen LogP) is 4.56. The van der Waals surface area contributed by atoms with E-state index in [1.807, 2.05) is 49.6 Å². The third kappa shape index (κ3) is 4.34. The third-order valence-corrected chi connectivity index (χ3v) is 6.02. The van der Waals surface area contributed by atoms with Crippen LogP contribution in [-0.4, -0.2) is 28.5 Å². The maximum atomic E-state index is 13.0. The van der Waals surface area contributed by atoms with Crippen molar-refractivity contribution in [3.63, 3.8) is 0 Å². The highest BCUT2D eigenvalue weighted by Gasteiger charge is 2.33. The van der Waals surface area contributed by atoms with Gasteiger partial charge in [-0.15, -0.1) is 11.3 Å². The Kier molecular flexibility index (Phi) is 6.18. The van der Waals surface area contributed by atoms with Gasteiger partial charge in [0.15, 0.2) is 6.10 Å². The van der Waals surface area contributed by atoms with Crippen molar-refractivity contribution in [3.05, 3.63) is 53.4 Å². The summed E-state index contributed by atoms with van der Waals surface area (Å²) in [5.74, 6) is -1.23. The Morgan fingerprint density at radius 2 is 1.93 bits per heavy atom. The zero-order chi connectivity index (χ0) is 21.9. The van der Waals surface area contributed by atoms with Crippen molar-refractivity contribution in [2.75, 3.05) is 0 Å². The molecule has 0 saturated heterocycles. The molecule has 0 saturated carbocycles. The lowest BCUT2D eigenvalue weighted by Crippen LogP contribution is -2.52. The number of para-hydroxylation sites is 1. The number of fused-ring (bicyclic) bond motifs is 1. The Balaban J connectivity index is 1.88. The number of hydrogen-bond acceptors (Lipinski definition) is 6. The minimum atomic E-state index is -1.05. The first-order valence-corrected chi connectivity index (χ1v) is 10.5. The Bertz CT molecular complexity index is 1120. The van der Waals surface area contributed by atoms with Crippen molar-refractivity contribution >= 4 is 34.1 Å². The molecule has 3 rings (SSSR count). The van der Waals surface area contributed by atoms with Crippen LogP contribution in [-0.2, 0) is 9.53 Å². The van der Waals surface area contributed by atoms with Gasteiger partial charge in [0.2, 0.25) is 0 Å². The Hall–Kier alpha value is -3.24. The highest BCUT2D eigenvalue weighted by Crippen LogP contribution is 2.28. The highest BCUT2D eigenvalue weighted by atomic mass is 32.1. The first-order valence-electron chi connectivity index (χ1n) is 9.63. The Morgan fingerprint density at radius 3 is 2.57 bits per heavy atom. The Labute approximate surface area is 179 Å². The summed E-state index contributed by atoms with van der Waals surface area (Å²) in [5.41, 5.74) is 0.637. The van der Waals surface area contributed by atoms with E-state index >= 15 is 0 Å². The van der Waals surface area contributed by atoms with Crippen LogP contribution < -0.4 is 5.32 Å². The number of carbonyl (C=O) groups excluding carboxylic acids is 2. The van der Waals surface area contributed by atoms with Gasteiger partial charge in [0.05, 0.1) is 27.7 Å². The minimum absolute atomic E-state index is 0.105. The molecule has 2 heterocycles. The fraction of sp³-hybridized carbons (Fsp3) is 0.304. The number of aromatic nitrogens is 1. The molecule has 0 bridgehead atoms. The van der Waals surface area contributed by atoms with Gasteiger partial charge in [-0.1, -0.05) is 38.1 Å². The maximum Gasteiger partial charge on any atom is 0.339 e. The summed E-state index contributed by atoms with van der Waals surface area (Å²) in [7, 11) is 0. The van der Waals surface area contributed by atoms with E-state index in [2.05, 4.69) is 16.4 Å². The van der Waals surface area contributed by atoms with Crippen molar-refractivity contribution < 1.29 is 14.3 Å². The number of benzene rings is 1. The number of nitrogens with zero attached hydrogens (tertiary/aromatic N) is 2. The minimum Gasteiger partial charge on any atom is -0.449 e. The van der Waals surface area contributed by atoms with Crippen LogP contribution in [0.1, 0.15) is 38.1 Å². The summed E-state index contributed by atoms with van der Waals surface area (Å²) in [4.78, 5) is 31.1. The molecule has 1 amide bonds. The predicted molar refractivity (Wildman–Crippen MR) is 117 cm³/mol. The molecule has 0 unspecified atom stereocenters. The first kappa shape index (κ1) is 21.5. The molecular formula is C23H23N3O3S. The number of hydrogen-bond donors (Lipinski definition) is 1. The molecule has 2 aromatic heterocycles. The van der Waals surface area contributed by atoms with E-state index in [4.69, 9.17) is 4.74 Å². The number of nitrogens with one attached hydrogen (secondary N) is 1. The molecule has 0 spiro atoms. The summed E-state index contributed by atoms with van der Waals surface area (Å²) in [6.45, 7) is 6.83. The second-order valence-corrected chi connectivity index (χ2v) is 8.50. The molecule has 0 aliphatic rings. The van der Waals surface area contributed by atoms with Gasteiger partial charge in [-0.25, -0.2) is 9.78 Å². The van der Waals surface area contributed by atoms with E-state index in [9.17, 15) is 14.9 Å². The lowest BCUT2D eigenvalue weighted by Gasteiger charge is -2.28. The maximum absolute atomic E-state index is 13.0. The number of carbonyl (C=O) groups is 2. The molecule has 30 heavy (non-hydrogen) atoms. The zero-order valence-corrected chi connectivity index (χ0v) is 18.1. The number of pyridine rings is 1. The first-order chi connectivity index (χ1) is 14.2. The average molecular weight is 422 g/mol. The fourth-order valence-electron chi connectivity index (χ4n) is 2.83. The van der Waals surface area contributed by atoms with Gasteiger partial charge in [0.25, 0.3) is 5.91 Å². The second-order valence-electron chi connectivity index (χ2n) is 7.56. The average Bonchev–Trinajstić information content (AvgIpc) is 3.27. The molecule has 1 N–H and O–H groups in total. The molecule has 154 valence electrons. The SMILES string of the molecule is CC(C)[C@@](C)(C#N)NC(=O)[C@H](C)OC(=O)c1cc(-c2cccs2)nc2ccccc12. The summed E-state index contributed by atoms with van der Waals surface area (Å²) in [6, 6.07) is 15.0. The highest BCUT2D eigenvalue weighted by molar-refractivity contribution is 7.13. The molecule has 1 aromatic carbocycles. The second kappa shape index (κ2) is 8.64. The van der Waals surface area contributed by atoms with Crippen molar-refractivity contribution in [1.29, 1.82) is 5.26 Å². The summed E-state index contributed by atoms with van der Waals surface area (Å²) < 4.78 is 5.46. The molecule has 0 aliphatic carbocycles.